The summed E-state index contributed by atoms with van der Waals surface area (Å²) in [5, 5.41) is 2.89. The Morgan fingerprint density at radius 1 is 0.958 bits per heavy atom. The number of carbonyl (C=O) groups is 2. The molecule has 4 nitrogen and oxygen atoms in total. The molecule has 0 radical (unpaired) electrons. The molecule has 0 atom stereocenters. The fourth-order valence-corrected chi connectivity index (χ4v) is 3.16. The van der Waals surface area contributed by atoms with Gasteiger partial charge in [-0.15, -0.1) is 11.3 Å². The zero-order chi connectivity index (χ0) is 16.8. The maximum Gasteiger partial charge on any atom is 0.261 e. The Kier molecular flexibility index (Phi) is 5.13. The number of carbonyl (C=O) groups excluding carboxylic acids is 2. The monoisotopic (exact) mass is 336 g/mol. The van der Waals surface area contributed by atoms with E-state index in [0.717, 1.165) is 6.42 Å². The number of hydrogen-bond donors (Lipinski definition) is 1. The van der Waals surface area contributed by atoms with Crippen LogP contribution in [0.4, 0.5) is 0 Å². The van der Waals surface area contributed by atoms with E-state index < -0.39 is 0 Å². The quantitative estimate of drug-likeness (QED) is 0.702. The maximum atomic E-state index is 12.3. The first kappa shape index (κ1) is 16.1. The lowest BCUT2D eigenvalue weighted by atomic mass is 10.1. The Balaban J connectivity index is 1.59. The fourth-order valence-electron chi connectivity index (χ4n) is 2.27. The summed E-state index contributed by atoms with van der Waals surface area (Å²) in [6.07, 6.45) is 3.93. The molecule has 2 heterocycles. The first-order valence-electron chi connectivity index (χ1n) is 7.61. The summed E-state index contributed by atoms with van der Waals surface area (Å²) in [7, 11) is 0. The van der Waals surface area contributed by atoms with Crippen LogP contribution in [0.2, 0.25) is 0 Å². The molecule has 1 N–H and O–H groups in total. The highest BCUT2D eigenvalue weighted by molar-refractivity contribution is 7.16. The first-order valence-corrected chi connectivity index (χ1v) is 8.42. The van der Waals surface area contributed by atoms with Crippen molar-refractivity contribution in [3.8, 4) is 0 Å². The Labute approximate surface area is 144 Å². The molecule has 1 aromatic carbocycles. The van der Waals surface area contributed by atoms with Gasteiger partial charge in [-0.1, -0.05) is 30.3 Å². The molecule has 0 bridgehead atoms. The van der Waals surface area contributed by atoms with Crippen molar-refractivity contribution in [1.29, 1.82) is 0 Å². The van der Waals surface area contributed by atoms with E-state index in [0.29, 0.717) is 21.9 Å². The molecule has 5 heteroatoms. The van der Waals surface area contributed by atoms with Gasteiger partial charge in [-0.25, -0.2) is 0 Å². The predicted octanol–water partition coefficient (Wildman–Crippen LogP) is 3.35. The van der Waals surface area contributed by atoms with Crippen LogP contribution in [0.25, 0.3) is 0 Å². The maximum absolute atomic E-state index is 12.3. The van der Waals surface area contributed by atoms with Crippen molar-refractivity contribution in [3.05, 3.63) is 87.9 Å². The van der Waals surface area contributed by atoms with E-state index in [2.05, 4.69) is 10.3 Å². The van der Waals surface area contributed by atoms with Gasteiger partial charge in [0.2, 0.25) is 5.78 Å². The Morgan fingerprint density at radius 3 is 2.50 bits per heavy atom. The number of ketones is 1. The molecule has 1 amide bonds. The van der Waals surface area contributed by atoms with Crippen molar-refractivity contribution in [3.63, 3.8) is 0 Å². The second kappa shape index (κ2) is 7.66. The molecule has 0 aliphatic carbocycles. The molecular weight excluding hydrogens is 320 g/mol. The molecule has 120 valence electrons. The molecule has 0 unspecified atom stereocenters. The molecule has 0 spiro atoms. The highest BCUT2D eigenvalue weighted by Crippen LogP contribution is 2.19. The molecule has 0 aliphatic rings. The largest absolute Gasteiger partial charge is 0.351 e. The third kappa shape index (κ3) is 3.94. The molecule has 0 saturated heterocycles. The summed E-state index contributed by atoms with van der Waals surface area (Å²) >= 11 is 1.20. The molecule has 0 fully saturated rings. The first-order chi connectivity index (χ1) is 11.7. The van der Waals surface area contributed by atoms with Gasteiger partial charge in [-0.3, -0.25) is 14.6 Å². The van der Waals surface area contributed by atoms with E-state index >= 15 is 0 Å². The van der Waals surface area contributed by atoms with E-state index in [9.17, 15) is 9.59 Å². The number of nitrogens with one attached hydrogen (secondary N) is 1. The number of aromatic nitrogens is 1. The van der Waals surface area contributed by atoms with Crippen LogP contribution in [0.15, 0.2) is 67.0 Å². The normalized spacial score (nSPS) is 10.3. The van der Waals surface area contributed by atoms with Crippen LogP contribution in [-0.2, 0) is 6.42 Å². The molecule has 3 rings (SSSR count). The van der Waals surface area contributed by atoms with Crippen LogP contribution >= 0.6 is 11.3 Å². The van der Waals surface area contributed by atoms with E-state index in [1.54, 1.807) is 30.5 Å². The number of nitrogens with zero attached hydrogens (tertiary/aromatic N) is 1. The van der Waals surface area contributed by atoms with Crippen LogP contribution in [-0.4, -0.2) is 23.2 Å². The van der Waals surface area contributed by atoms with Gasteiger partial charge in [0.25, 0.3) is 5.91 Å². The Bertz CT molecular complexity index is 829. The van der Waals surface area contributed by atoms with Gasteiger partial charge in [-0.05, 0) is 36.2 Å². The van der Waals surface area contributed by atoms with Crippen LogP contribution in [0.1, 0.15) is 30.5 Å². The molecular formula is C19H16N2O2S. The van der Waals surface area contributed by atoms with Crippen molar-refractivity contribution in [2.75, 3.05) is 6.54 Å². The number of rotatable bonds is 6. The summed E-state index contributed by atoms with van der Waals surface area (Å²) in [5.74, 6) is -0.266. The van der Waals surface area contributed by atoms with Crippen molar-refractivity contribution in [2.45, 2.75) is 6.42 Å². The summed E-state index contributed by atoms with van der Waals surface area (Å²) in [4.78, 5) is 29.5. The fraction of sp³-hybridized carbons (Fsp3) is 0.105. The molecule has 2 aromatic heterocycles. The van der Waals surface area contributed by atoms with Gasteiger partial charge in [0.1, 0.15) is 0 Å². The van der Waals surface area contributed by atoms with Gasteiger partial charge in [0, 0.05) is 24.5 Å². The van der Waals surface area contributed by atoms with Crippen LogP contribution < -0.4 is 5.32 Å². The molecule has 0 aliphatic heterocycles. The lowest BCUT2D eigenvalue weighted by Crippen LogP contribution is -2.24. The number of benzene rings is 1. The zero-order valence-corrected chi connectivity index (χ0v) is 13.8. The minimum absolute atomic E-state index is 0.114. The minimum Gasteiger partial charge on any atom is -0.351 e. The van der Waals surface area contributed by atoms with Gasteiger partial charge in [0.05, 0.1) is 9.75 Å². The lowest BCUT2D eigenvalue weighted by Gasteiger charge is -2.03. The summed E-state index contributed by atoms with van der Waals surface area (Å²) in [6.45, 7) is 0.562. The average Bonchev–Trinajstić information content (AvgIpc) is 3.13. The molecule has 24 heavy (non-hydrogen) atoms. The van der Waals surface area contributed by atoms with Crippen LogP contribution in [0, 0.1) is 0 Å². The predicted molar refractivity (Wildman–Crippen MR) is 94.5 cm³/mol. The SMILES string of the molecule is O=C(NCCc1ccccc1)c1ccc(C(=O)c2cccnc2)s1. The summed E-state index contributed by atoms with van der Waals surface area (Å²) in [5.41, 5.74) is 1.70. The Morgan fingerprint density at radius 2 is 1.75 bits per heavy atom. The molecule has 3 aromatic rings. The van der Waals surface area contributed by atoms with Gasteiger partial charge in [-0.2, -0.15) is 0 Å². The average molecular weight is 336 g/mol. The van der Waals surface area contributed by atoms with E-state index in [1.165, 1.54) is 23.1 Å². The van der Waals surface area contributed by atoms with E-state index in [4.69, 9.17) is 0 Å². The number of amides is 1. The lowest BCUT2D eigenvalue weighted by molar-refractivity contribution is 0.0957. The second-order valence-corrected chi connectivity index (χ2v) is 6.31. The second-order valence-electron chi connectivity index (χ2n) is 5.23. The van der Waals surface area contributed by atoms with Gasteiger partial charge in [0.15, 0.2) is 0 Å². The van der Waals surface area contributed by atoms with Crippen LogP contribution in [0.3, 0.4) is 0 Å². The summed E-state index contributed by atoms with van der Waals surface area (Å²) in [6, 6.07) is 16.8. The zero-order valence-electron chi connectivity index (χ0n) is 12.9. The highest BCUT2D eigenvalue weighted by Gasteiger charge is 2.15. The summed E-state index contributed by atoms with van der Waals surface area (Å²) < 4.78 is 0. The number of pyridine rings is 1. The topological polar surface area (TPSA) is 59.1 Å². The van der Waals surface area contributed by atoms with Crippen molar-refractivity contribution in [1.82, 2.24) is 10.3 Å². The Hall–Kier alpha value is -2.79. The smallest absolute Gasteiger partial charge is 0.261 e. The molecule has 0 saturated carbocycles. The highest BCUT2D eigenvalue weighted by atomic mass is 32.1. The van der Waals surface area contributed by atoms with Crippen molar-refractivity contribution >= 4 is 23.0 Å². The van der Waals surface area contributed by atoms with Gasteiger partial charge < -0.3 is 5.32 Å². The van der Waals surface area contributed by atoms with Crippen molar-refractivity contribution < 1.29 is 9.59 Å². The number of hydrogen-bond acceptors (Lipinski definition) is 4. The standard InChI is InChI=1S/C19H16N2O2S/c22-18(15-7-4-11-20-13-15)16-8-9-17(24-16)19(23)21-12-10-14-5-2-1-3-6-14/h1-9,11,13H,10,12H2,(H,21,23). The van der Waals surface area contributed by atoms with E-state index in [-0.39, 0.29) is 11.7 Å². The van der Waals surface area contributed by atoms with Crippen molar-refractivity contribution in [2.24, 2.45) is 0 Å². The minimum atomic E-state index is -0.152. The van der Waals surface area contributed by atoms with Crippen LogP contribution in [0.5, 0.6) is 0 Å². The third-order valence-corrected chi connectivity index (χ3v) is 4.60. The number of thiophene rings is 1. The van der Waals surface area contributed by atoms with Gasteiger partial charge >= 0.3 is 0 Å². The third-order valence-electron chi connectivity index (χ3n) is 3.52. The van der Waals surface area contributed by atoms with E-state index in [1.807, 2.05) is 30.3 Å².